The van der Waals surface area contributed by atoms with Gasteiger partial charge in [0, 0.05) is 13.3 Å². The lowest BCUT2D eigenvalue weighted by atomic mass is 9.76. The van der Waals surface area contributed by atoms with Crippen molar-refractivity contribution in [3.05, 3.63) is 34.6 Å². The molecule has 7 heteroatoms. The van der Waals surface area contributed by atoms with Crippen LogP contribution in [0.5, 0.6) is 0 Å². The minimum absolute atomic E-state index is 0.128. The molecule has 0 radical (unpaired) electrons. The summed E-state index contributed by atoms with van der Waals surface area (Å²) in [7, 11) is 0. The Bertz CT molecular complexity index is 746. The Kier molecular flexibility index (Phi) is 5.68. The number of tetrazole rings is 1. The number of esters is 1. The maximum Gasteiger partial charge on any atom is 0.305 e. The minimum atomic E-state index is -0.128. The van der Waals surface area contributed by atoms with Crippen molar-refractivity contribution in [3.8, 4) is 5.69 Å². The van der Waals surface area contributed by atoms with Crippen molar-refractivity contribution in [2.24, 2.45) is 5.92 Å². The molecule has 0 aliphatic heterocycles. The maximum atomic E-state index is 11.5. The van der Waals surface area contributed by atoms with E-state index in [1.54, 1.807) is 4.68 Å². The summed E-state index contributed by atoms with van der Waals surface area (Å²) in [5, 5.41) is 11.2. The summed E-state index contributed by atoms with van der Waals surface area (Å²) < 4.78 is 7.17. The highest BCUT2D eigenvalue weighted by Crippen LogP contribution is 2.39. The van der Waals surface area contributed by atoms with E-state index in [1.807, 2.05) is 26.0 Å². The third-order valence-corrected chi connectivity index (χ3v) is 5.26. The van der Waals surface area contributed by atoms with E-state index >= 15 is 0 Å². The molecule has 1 aromatic heterocycles. The number of halogens is 1. The van der Waals surface area contributed by atoms with E-state index in [0.29, 0.717) is 29.9 Å². The Morgan fingerprint density at radius 3 is 2.88 bits per heavy atom. The number of nitrogens with one attached hydrogen (secondary N) is 1. The van der Waals surface area contributed by atoms with E-state index in [0.717, 1.165) is 24.4 Å². The molecule has 6 nitrogen and oxygen atoms in total. The predicted octanol–water partition coefficient (Wildman–Crippen LogP) is 3.27. The normalized spacial score (nSPS) is 20.4. The SMILES string of the molecule is CCC(=O)OCC1CCCCC1c1ccc(-[n+]2[nH]nnc2C)c(Cl)c1. The van der Waals surface area contributed by atoms with Gasteiger partial charge in [0.05, 0.1) is 11.6 Å². The van der Waals surface area contributed by atoms with Gasteiger partial charge >= 0.3 is 11.8 Å². The van der Waals surface area contributed by atoms with Gasteiger partial charge in [0.15, 0.2) is 5.21 Å². The van der Waals surface area contributed by atoms with Crippen LogP contribution in [0.1, 0.15) is 56.3 Å². The van der Waals surface area contributed by atoms with Crippen LogP contribution in [-0.4, -0.2) is 28.1 Å². The lowest BCUT2D eigenvalue weighted by molar-refractivity contribution is -0.666. The van der Waals surface area contributed by atoms with E-state index in [9.17, 15) is 4.79 Å². The van der Waals surface area contributed by atoms with Crippen LogP contribution in [0.25, 0.3) is 5.69 Å². The van der Waals surface area contributed by atoms with E-state index < -0.39 is 0 Å². The average molecular weight is 364 g/mol. The van der Waals surface area contributed by atoms with Gasteiger partial charge in [-0.1, -0.05) is 42.6 Å². The fourth-order valence-electron chi connectivity index (χ4n) is 3.57. The Labute approximate surface area is 152 Å². The van der Waals surface area contributed by atoms with Crippen molar-refractivity contribution in [1.29, 1.82) is 0 Å². The van der Waals surface area contributed by atoms with Gasteiger partial charge in [0.2, 0.25) is 0 Å². The highest BCUT2D eigenvalue weighted by atomic mass is 35.5. The highest BCUT2D eigenvalue weighted by molar-refractivity contribution is 6.32. The average Bonchev–Trinajstić information content (AvgIpc) is 3.05. The molecule has 1 aromatic carbocycles. The summed E-state index contributed by atoms with van der Waals surface area (Å²) in [5.74, 6) is 1.35. The van der Waals surface area contributed by atoms with E-state index in [2.05, 4.69) is 21.6 Å². The zero-order valence-corrected chi connectivity index (χ0v) is 15.4. The number of nitrogens with zero attached hydrogens (tertiary/aromatic N) is 3. The van der Waals surface area contributed by atoms with E-state index in [1.165, 1.54) is 18.4 Å². The standard InChI is InChI=1S/C18H23ClN4O2/c1-3-18(24)25-11-14-6-4-5-7-15(14)13-8-9-17(16(19)10-13)23-12(2)20-21-22-23/h8-10,14-15H,3-7,11H2,1-2H3/p+1. The molecule has 25 heavy (non-hydrogen) atoms. The molecule has 0 bridgehead atoms. The largest absolute Gasteiger partial charge is 0.465 e. The number of aryl methyl sites for hydroxylation is 1. The molecular weight excluding hydrogens is 340 g/mol. The zero-order chi connectivity index (χ0) is 17.8. The molecule has 1 heterocycles. The van der Waals surface area contributed by atoms with Crippen LogP contribution >= 0.6 is 11.6 Å². The van der Waals surface area contributed by atoms with Gasteiger partial charge in [-0.3, -0.25) is 4.79 Å². The van der Waals surface area contributed by atoms with Crippen molar-refractivity contribution >= 4 is 17.6 Å². The fraction of sp³-hybridized carbons (Fsp3) is 0.556. The number of hydrogen-bond donors (Lipinski definition) is 1. The molecule has 0 saturated heterocycles. The number of aromatic amines is 1. The summed E-state index contributed by atoms with van der Waals surface area (Å²) in [6, 6.07) is 6.13. The van der Waals surface area contributed by atoms with Gasteiger partial charge in [0.25, 0.3) is 0 Å². The van der Waals surface area contributed by atoms with Crippen LogP contribution in [0, 0.1) is 12.8 Å². The third kappa shape index (κ3) is 4.00. The molecule has 1 aliphatic rings. The molecule has 1 aliphatic carbocycles. The van der Waals surface area contributed by atoms with Gasteiger partial charge in [0.1, 0.15) is 10.8 Å². The van der Waals surface area contributed by atoms with Gasteiger partial charge < -0.3 is 4.74 Å². The van der Waals surface area contributed by atoms with Crippen molar-refractivity contribution in [2.75, 3.05) is 6.61 Å². The van der Waals surface area contributed by atoms with Crippen molar-refractivity contribution < 1.29 is 14.2 Å². The van der Waals surface area contributed by atoms with Crippen molar-refractivity contribution in [3.63, 3.8) is 0 Å². The summed E-state index contributed by atoms with van der Waals surface area (Å²) in [6.07, 6.45) is 4.99. The van der Waals surface area contributed by atoms with Crippen LogP contribution < -0.4 is 4.68 Å². The number of carbonyl (C=O) groups is 1. The number of benzene rings is 1. The summed E-state index contributed by atoms with van der Waals surface area (Å²) in [5.41, 5.74) is 2.04. The van der Waals surface area contributed by atoms with Gasteiger partial charge in [-0.25, -0.2) is 0 Å². The molecule has 3 rings (SSSR count). The maximum absolute atomic E-state index is 11.5. The van der Waals surface area contributed by atoms with Gasteiger partial charge in [-0.05, 0) is 42.4 Å². The lowest BCUT2D eigenvalue weighted by Gasteiger charge is -2.31. The second-order valence-corrected chi connectivity index (χ2v) is 6.99. The Balaban J connectivity index is 1.80. The second kappa shape index (κ2) is 7.95. The molecule has 2 atom stereocenters. The van der Waals surface area contributed by atoms with Gasteiger partial charge in [-0.2, -0.15) is 0 Å². The molecule has 1 saturated carbocycles. The minimum Gasteiger partial charge on any atom is -0.465 e. The first-order valence-electron chi connectivity index (χ1n) is 8.85. The molecule has 0 amide bonds. The second-order valence-electron chi connectivity index (χ2n) is 6.58. The van der Waals surface area contributed by atoms with Gasteiger partial charge in [-0.15, -0.1) is 4.68 Å². The molecule has 1 fully saturated rings. The fourth-order valence-corrected chi connectivity index (χ4v) is 3.84. The number of ether oxygens (including phenoxy) is 1. The van der Waals surface area contributed by atoms with Crippen molar-refractivity contribution in [1.82, 2.24) is 15.5 Å². The van der Waals surface area contributed by atoms with Crippen molar-refractivity contribution in [2.45, 2.75) is 51.9 Å². The molecule has 2 unspecified atom stereocenters. The molecule has 1 N–H and O–H groups in total. The smallest absolute Gasteiger partial charge is 0.305 e. The van der Waals surface area contributed by atoms with E-state index in [4.69, 9.17) is 16.3 Å². The van der Waals surface area contributed by atoms with Crippen LogP contribution in [0.4, 0.5) is 0 Å². The van der Waals surface area contributed by atoms with Crippen LogP contribution in [0.3, 0.4) is 0 Å². The molecular formula is C18H24ClN4O2+. The van der Waals surface area contributed by atoms with Crippen LogP contribution in [-0.2, 0) is 9.53 Å². The Morgan fingerprint density at radius 1 is 1.40 bits per heavy atom. The molecule has 0 spiro atoms. The number of hydrogen-bond acceptors (Lipinski definition) is 4. The Morgan fingerprint density at radius 2 is 2.20 bits per heavy atom. The number of H-pyrrole nitrogens is 1. The van der Waals surface area contributed by atoms with Crippen LogP contribution in [0.15, 0.2) is 18.2 Å². The van der Waals surface area contributed by atoms with Crippen LogP contribution in [0.2, 0.25) is 5.02 Å². The number of rotatable bonds is 5. The quantitative estimate of drug-likeness (QED) is 0.653. The highest BCUT2D eigenvalue weighted by Gasteiger charge is 2.28. The summed E-state index contributed by atoms with van der Waals surface area (Å²) >= 11 is 6.53. The number of carbonyl (C=O) groups excluding carboxylic acids is 1. The monoisotopic (exact) mass is 363 g/mol. The Hall–Kier alpha value is -1.95. The first kappa shape index (κ1) is 17.9. The predicted molar refractivity (Wildman–Crippen MR) is 93.6 cm³/mol. The zero-order valence-electron chi connectivity index (χ0n) is 14.7. The lowest BCUT2D eigenvalue weighted by Crippen LogP contribution is -2.36. The summed E-state index contributed by atoms with van der Waals surface area (Å²) in [6.45, 7) is 4.19. The molecule has 134 valence electrons. The third-order valence-electron chi connectivity index (χ3n) is 4.96. The summed E-state index contributed by atoms with van der Waals surface area (Å²) in [4.78, 5) is 11.5. The first-order chi connectivity index (χ1) is 12.1. The number of aromatic nitrogens is 4. The molecule has 2 aromatic rings. The van der Waals surface area contributed by atoms with E-state index in [-0.39, 0.29) is 5.97 Å². The topological polar surface area (TPSA) is 71.8 Å². The first-order valence-corrected chi connectivity index (χ1v) is 9.23.